The minimum absolute atomic E-state index is 0.0419. The summed E-state index contributed by atoms with van der Waals surface area (Å²) in [5.74, 6) is 0.576. The number of nitrogens with two attached hydrogens (primary N) is 1. The highest BCUT2D eigenvalue weighted by molar-refractivity contribution is 6.33. The third-order valence-electron chi connectivity index (χ3n) is 9.39. The van der Waals surface area contributed by atoms with Crippen LogP contribution in [0.4, 0.5) is 5.82 Å². The van der Waals surface area contributed by atoms with Crippen molar-refractivity contribution in [1.29, 1.82) is 0 Å². The zero-order valence-electron chi connectivity index (χ0n) is 21.7. The van der Waals surface area contributed by atoms with Crippen molar-refractivity contribution in [1.82, 2.24) is 9.88 Å². The van der Waals surface area contributed by atoms with Crippen molar-refractivity contribution in [2.75, 3.05) is 31.1 Å². The summed E-state index contributed by atoms with van der Waals surface area (Å²) >= 11 is 0. The minimum atomic E-state index is -0.441. The van der Waals surface area contributed by atoms with Gasteiger partial charge < -0.3 is 10.6 Å². The summed E-state index contributed by atoms with van der Waals surface area (Å²) in [6, 6.07) is 7.61. The second-order valence-electron chi connectivity index (χ2n) is 11.6. The van der Waals surface area contributed by atoms with E-state index in [0.717, 1.165) is 59.8 Å². The monoisotopic (exact) mass is 484 g/mol. The van der Waals surface area contributed by atoms with Crippen LogP contribution in [0, 0.1) is 0 Å². The van der Waals surface area contributed by atoms with Crippen LogP contribution in [-0.4, -0.2) is 53.3 Å². The summed E-state index contributed by atoms with van der Waals surface area (Å²) in [5.41, 5.74) is 11.7. The standard InChI is InChI=1S/C30H36N4O2/c1-4-8-30(9-5-10-30)34-13-11-33(12-14-34)25-17-23-22(18-32-25)27(35)26-21-7-6-19(28(31)36)15-20(21)16-24(26)29(23,2)3/h6-7,15,17-18H,4-5,8-14,16H2,1-3H3,(H2,31,36). The average Bonchev–Trinajstić information content (AvgIpc) is 3.25. The van der Waals surface area contributed by atoms with E-state index in [1.807, 2.05) is 12.1 Å². The predicted octanol–water partition coefficient (Wildman–Crippen LogP) is 4.51. The molecule has 1 aromatic heterocycles. The van der Waals surface area contributed by atoms with Crippen molar-refractivity contribution in [2.24, 2.45) is 5.73 Å². The molecule has 2 fully saturated rings. The molecule has 2 heterocycles. The van der Waals surface area contributed by atoms with Gasteiger partial charge in [-0.15, -0.1) is 0 Å². The maximum Gasteiger partial charge on any atom is 0.248 e. The number of nitrogens with zero attached hydrogens (tertiary/aromatic N) is 3. The molecule has 3 aliphatic carbocycles. The molecular weight excluding hydrogens is 448 g/mol. The van der Waals surface area contributed by atoms with Gasteiger partial charge in [0.05, 0.1) is 0 Å². The molecule has 1 amide bonds. The van der Waals surface area contributed by atoms with Crippen molar-refractivity contribution < 1.29 is 9.59 Å². The van der Waals surface area contributed by atoms with Crippen LogP contribution in [0.3, 0.4) is 0 Å². The molecule has 1 saturated carbocycles. The number of piperazine rings is 1. The van der Waals surface area contributed by atoms with Gasteiger partial charge in [-0.3, -0.25) is 14.5 Å². The number of aromatic nitrogens is 1. The van der Waals surface area contributed by atoms with E-state index in [2.05, 4.69) is 36.6 Å². The molecule has 6 rings (SSSR count). The van der Waals surface area contributed by atoms with E-state index in [9.17, 15) is 9.59 Å². The van der Waals surface area contributed by atoms with Gasteiger partial charge in [-0.1, -0.05) is 33.3 Å². The quantitative estimate of drug-likeness (QED) is 0.676. The van der Waals surface area contributed by atoms with E-state index in [4.69, 9.17) is 10.7 Å². The lowest BCUT2D eigenvalue weighted by Crippen LogP contribution is -2.60. The summed E-state index contributed by atoms with van der Waals surface area (Å²) < 4.78 is 0. The zero-order chi connectivity index (χ0) is 25.2. The Bertz CT molecular complexity index is 1300. The van der Waals surface area contributed by atoms with Gasteiger partial charge in [-0.2, -0.15) is 0 Å². The Hall–Kier alpha value is -2.99. The van der Waals surface area contributed by atoms with Crippen molar-refractivity contribution >= 4 is 23.1 Å². The smallest absolute Gasteiger partial charge is 0.248 e. The molecule has 6 nitrogen and oxygen atoms in total. The van der Waals surface area contributed by atoms with Crippen LogP contribution in [0.1, 0.15) is 90.3 Å². The van der Waals surface area contributed by atoms with Crippen molar-refractivity contribution in [2.45, 2.75) is 70.3 Å². The summed E-state index contributed by atoms with van der Waals surface area (Å²) in [6.45, 7) is 10.8. The molecule has 188 valence electrons. The third kappa shape index (κ3) is 3.37. The fraction of sp³-hybridized carbons (Fsp3) is 0.500. The number of fused-ring (bicyclic) bond motifs is 3. The first-order valence-corrected chi connectivity index (χ1v) is 13.5. The Kier molecular flexibility index (Phi) is 5.38. The van der Waals surface area contributed by atoms with Gasteiger partial charge in [0.15, 0.2) is 5.78 Å². The molecule has 1 saturated heterocycles. The van der Waals surface area contributed by atoms with E-state index < -0.39 is 5.91 Å². The molecule has 1 aromatic carbocycles. The lowest BCUT2D eigenvalue weighted by atomic mass is 9.69. The van der Waals surface area contributed by atoms with E-state index >= 15 is 0 Å². The maximum absolute atomic E-state index is 13.7. The molecule has 6 heteroatoms. The van der Waals surface area contributed by atoms with Crippen LogP contribution in [0.25, 0.3) is 5.57 Å². The highest BCUT2D eigenvalue weighted by atomic mass is 16.1. The number of pyridine rings is 1. The van der Waals surface area contributed by atoms with Gasteiger partial charge in [0.2, 0.25) is 5.91 Å². The van der Waals surface area contributed by atoms with E-state index in [1.165, 1.54) is 32.1 Å². The van der Waals surface area contributed by atoms with Gasteiger partial charge in [-0.05, 0) is 72.6 Å². The highest BCUT2D eigenvalue weighted by Gasteiger charge is 2.45. The van der Waals surface area contributed by atoms with Crippen LogP contribution < -0.4 is 10.6 Å². The van der Waals surface area contributed by atoms with Crippen molar-refractivity contribution in [3.05, 3.63) is 63.9 Å². The van der Waals surface area contributed by atoms with Crippen molar-refractivity contribution in [3.8, 4) is 0 Å². The molecular formula is C30H36N4O2. The Morgan fingerprint density at radius 3 is 2.47 bits per heavy atom. The number of hydrogen-bond acceptors (Lipinski definition) is 5. The first kappa shape index (κ1) is 23.4. The summed E-state index contributed by atoms with van der Waals surface area (Å²) in [5, 5.41) is 0. The van der Waals surface area contributed by atoms with Gasteiger partial charge in [0.25, 0.3) is 0 Å². The fourth-order valence-corrected chi connectivity index (χ4v) is 7.17. The molecule has 1 aliphatic heterocycles. The number of carbonyl (C=O) groups is 2. The minimum Gasteiger partial charge on any atom is -0.366 e. The first-order valence-electron chi connectivity index (χ1n) is 13.5. The van der Waals surface area contributed by atoms with Crippen LogP contribution in [-0.2, 0) is 11.8 Å². The maximum atomic E-state index is 13.7. The number of ketones is 1. The summed E-state index contributed by atoms with van der Waals surface area (Å²) in [4.78, 5) is 35.3. The lowest BCUT2D eigenvalue weighted by Gasteiger charge is -2.53. The number of hydrogen-bond donors (Lipinski definition) is 1. The zero-order valence-corrected chi connectivity index (χ0v) is 21.7. The highest BCUT2D eigenvalue weighted by Crippen LogP contribution is 2.50. The van der Waals surface area contributed by atoms with Crippen LogP contribution in [0.15, 0.2) is 36.0 Å². The normalized spacial score (nSPS) is 22.1. The molecule has 36 heavy (non-hydrogen) atoms. The molecule has 0 radical (unpaired) electrons. The Morgan fingerprint density at radius 2 is 1.83 bits per heavy atom. The molecule has 0 bridgehead atoms. The molecule has 0 unspecified atom stereocenters. The van der Waals surface area contributed by atoms with Crippen LogP contribution in [0.5, 0.6) is 0 Å². The van der Waals surface area contributed by atoms with Gasteiger partial charge in [0, 0.05) is 60.0 Å². The number of amides is 1. The second-order valence-corrected chi connectivity index (χ2v) is 11.6. The predicted molar refractivity (Wildman–Crippen MR) is 142 cm³/mol. The number of anilines is 1. The molecule has 4 aliphatic rings. The van der Waals surface area contributed by atoms with E-state index in [1.54, 1.807) is 12.3 Å². The van der Waals surface area contributed by atoms with Gasteiger partial charge in [-0.25, -0.2) is 4.98 Å². The molecule has 0 spiro atoms. The third-order valence-corrected chi connectivity index (χ3v) is 9.39. The second kappa shape index (κ2) is 8.27. The molecule has 2 aromatic rings. The number of rotatable bonds is 5. The lowest BCUT2D eigenvalue weighted by molar-refractivity contribution is 0.00371. The Labute approximate surface area is 213 Å². The van der Waals surface area contributed by atoms with E-state index in [-0.39, 0.29) is 11.2 Å². The van der Waals surface area contributed by atoms with Crippen LogP contribution in [0.2, 0.25) is 0 Å². The number of benzene rings is 1. The number of carbonyl (C=O) groups excluding carboxylic acids is 2. The summed E-state index contributed by atoms with van der Waals surface area (Å²) in [6.07, 6.45) is 9.07. The molecule has 0 atom stereocenters. The van der Waals surface area contributed by atoms with Crippen molar-refractivity contribution in [3.63, 3.8) is 0 Å². The Balaban J connectivity index is 1.27. The Morgan fingerprint density at radius 1 is 1.08 bits per heavy atom. The molecule has 2 N–H and O–H groups in total. The number of allylic oxidation sites excluding steroid dienone is 2. The summed E-state index contributed by atoms with van der Waals surface area (Å²) in [7, 11) is 0. The first-order chi connectivity index (χ1) is 17.2. The number of primary amides is 1. The fourth-order valence-electron chi connectivity index (χ4n) is 7.17. The SMILES string of the molecule is CCCC1(N2CCN(c3cc4c(cn3)C(=O)C3=C(Cc5cc(C(N)=O)ccc53)C4(C)C)CC2)CCC1. The van der Waals surface area contributed by atoms with E-state index in [0.29, 0.717) is 23.1 Å². The largest absolute Gasteiger partial charge is 0.366 e. The van der Waals surface area contributed by atoms with Crippen LogP contribution >= 0.6 is 0 Å². The van der Waals surface area contributed by atoms with Gasteiger partial charge in [0.1, 0.15) is 5.82 Å². The number of Topliss-reactive ketones (excluding diaryl/α,β-unsaturated/α-hetero) is 1. The van der Waals surface area contributed by atoms with Gasteiger partial charge >= 0.3 is 0 Å². The topological polar surface area (TPSA) is 79.5 Å². The average molecular weight is 485 g/mol.